The van der Waals surface area contributed by atoms with Gasteiger partial charge in [-0.3, -0.25) is 9.45 Å². The second kappa shape index (κ2) is 11.7. The Balaban J connectivity index is 4.34. The Kier molecular flexibility index (Phi) is 11.7. The number of unbranched alkanes of at least 4 members (excludes halogenated alkanes) is 1. The monoisotopic (exact) mass is 413 g/mol. The molecule has 0 saturated carbocycles. The first-order chi connectivity index (χ1) is 11.7. The molecule has 158 valence electrons. The highest BCUT2D eigenvalue weighted by Gasteiger charge is 2.25. The van der Waals surface area contributed by atoms with Gasteiger partial charge in [0.25, 0.3) is 16.6 Å². The number of hydrogen-bond donors (Lipinski definition) is 1. The van der Waals surface area contributed by atoms with E-state index in [9.17, 15) is 8.42 Å². The van der Waals surface area contributed by atoms with Gasteiger partial charge in [0.15, 0.2) is 9.76 Å². The van der Waals surface area contributed by atoms with Crippen molar-refractivity contribution in [3.63, 3.8) is 0 Å². The topological polar surface area (TPSA) is 85.3 Å². The van der Waals surface area contributed by atoms with Crippen molar-refractivity contribution in [2.24, 2.45) is 0 Å². The maximum absolute atomic E-state index is 11.1. The highest BCUT2D eigenvalue weighted by molar-refractivity contribution is 7.85. The molecule has 0 aromatic rings. The maximum atomic E-state index is 11.1. The van der Waals surface area contributed by atoms with Crippen LogP contribution in [-0.4, -0.2) is 64.3 Å². The van der Waals surface area contributed by atoms with E-state index in [1.165, 1.54) is 0 Å². The molecular formula is C17H39NO6SSi. The smallest absolute Gasteiger partial charge is 0.278 e. The van der Waals surface area contributed by atoms with Crippen LogP contribution in [0.25, 0.3) is 0 Å². The molecule has 0 saturated heterocycles. The Morgan fingerprint density at radius 2 is 1.50 bits per heavy atom. The summed E-state index contributed by atoms with van der Waals surface area (Å²) in [6.45, 7) is 14.4. The summed E-state index contributed by atoms with van der Waals surface area (Å²) in [5.41, 5.74) is -0.729. The first kappa shape index (κ1) is 26.0. The van der Waals surface area contributed by atoms with Gasteiger partial charge in [-0.25, -0.2) is 0 Å². The van der Waals surface area contributed by atoms with E-state index in [4.69, 9.17) is 18.5 Å². The normalized spacial score (nSPS) is 14.2. The second-order valence-electron chi connectivity index (χ2n) is 8.51. The summed E-state index contributed by atoms with van der Waals surface area (Å²) in [5.74, 6) is -0.307. The molecule has 0 heterocycles. The first-order valence-electron chi connectivity index (χ1n) is 9.36. The van der Waals surface area contributed by atoms with Crippen LogP contribution >= 0.6 is 0 Å². The van der Waals surface area contributed by atoms with Crippen LogP contribution in [0.1, 0.15) is 67.7 Å². The minimum absolute atomic E-state index is 0.307. The van der Waals surface area contributed by atoms with E-state index < -0.39 is 26.4 Å². The van der Waals surface area contributed by atoms with Crippen molar-refractivity contribution in [3.8, 4) is 0 Å². The molecule has 0 atom stereocenters. The van der Waals surface area contributed by atoms with Crippen LogP contribution in [-0.2, 0) is 24.0 Å². The van der Waals surface area contributed by atoms with Crippen molar-refractivity contribution >= 4 is 19.9 Å². The van der Waals surface area contributed by atoms with Crippen molar-refractivity contribution < 1.29 is 26.9 Å². The van der Waals surface area contributed by atoms with Gasteiger partial charge in [0, 0.05) is 0 Å². The third-order valence-corrected chi connectivity index (χ3v) is 5.18. The second-order valence-corrected chi connectivity index (χ2v) is 11.4. The molecule has 0 aliphatic rings. The van der Waals surface area contributed by atoms with E-state index in [2.05, 4.69) is 6.92 Å². The minimum atomic E-state index is -3.98. The molecule has 1 N–H and O–H groups in total. The zero-order chi connectivity index (χ0) is 20.4. The lowest BCUT2D eigenvalue weighted by atomic mass is 10.2. The molecule has 0 aliphatic heterocycles. The predicted octanol–water partition coefficient (Wildman–Crippen LogP) is 2.76. The fourth-order valence-corrected chi connectivity index (χ4v) is 3.78. The van der Waals surface area contributed by atoms with Gasteiger partial charge in [0.05, 0.1) is 11.2 Å². The van der Waals surface area contributed by atoms with Crippen molar-refractivity contribution in [2.75, 3.05) is 19.0 Å². The summed E-state index contributed by atoms with van der Waals surface area (Å²) in [4.78, 5) is 1.78. The third-order valence-electron chi connectivity index (χ3n) is 3.20. The number of hydrogen-bond acceptors (Lipinski definition) is 6. The SMILES string of the molecule is CCCCN(CCC[SiH2]OC(OC(C)(C)C)OC(C)(C)C)CS(=O)(=O)O. The highest BCUT2D eigenvalue weighted by atomic mass is 32.2. The molecule has 26 heavy (non-hydrogen) atoms. The van der Waals surface area contributed by atoms with E-state index in [0.717, 1.165) is 25.3 Å². The molecule has 0 aromatic heterocycles. The van der Waals surface area contributed by atoms with E-state index in [0.29, 0.717) is 13.1 Å². The van der Waals surface area contributed by atoms with Gasteiger partial charge in [-0.1, -0.05) is 13.3 Å². The summed E-state index contributed by atoms with van der Waals surface area (Å²) in [6, 6.07) is 0.881. The molecule has 0 radical (unpaired) electrons. The van der Waals surface area contributed by atoms with Gasteiger partial charge in [0.1, 0.15) is 5.88 Å². The zero-order valence-electron chi connectivity index (χ0n) is 17.6. The van der Waals surface area contributed by atoms with E-state index in [1.807, 2.05) is 41.5 Å². The van der Waals surface area contributed by atoms with E-state index >= 15 is 0 Å². The fraction of sp³-hybridized carbons (Fsp3) is 1.00. The minimum Gasteiger partial charge on any atom is -0.379 e. The largest absolute Gasteiger partial charge is 0.379 e. The van der Waals surface area contributed by atoms with Crippen molar-refractivity contribution in [1.29, 1.82) is 0 Å². The summed E-state index contributed by atoms with van der Waals surface area (Å²) < 4.78 is 48.8. The van der Waals surface area contributed by atoms with Crippen LogP contribution in [0.15, 0.2) is 0 Å². The van der Waals surface area contributed by atoms with Crippen molar-refractivity contribution in [2.45, 2.75) is 91.5 Å². The highest BCUT2D eigenvalue weighted by Crippen LogP contribution is 2.18. The lowest BCUT2D eigenvalue weighted by molar-refractivity contribution is -0.314. The van der Waals surface area contributed by atoms with Gasteiger partial charge in [0.2, 0.25) is 0 Å². The standard InChI is InChI=1S/C17H39NO6SSi/c1-8-9-11-18(14-25(19,20)21)12-10-13-26-24-15(22-16(2,3)4)23-17(5,6)7/h15H,8-14,26H2,1-7H3,(H,19,20,21). The van der Waals surface area contributed by atoms with Gasteiger partial charge in [-0.05, 0) is 73.5 Å². The fourth-order valence-electron chi connectivity index (χ4n) is 2.14. The molecular weight excluding hydrogens is 374 g/mol. The van der Waals surface area contributed by atoms with Crippen LogP contribution in [0.2, 0.25) is 6.04 Å². The lowest BCUT2D eigenvalue weighted by Gasteiger charge is -2.32. The summed E-state index contributed by atoms with van der Waals surface area (Å²) in [7, 11) is -4.85. The van der Waals surface area contributed by atoms with Gasteiger partial charge in [-0.15, -0.1) is 0 Å². The number of rotatable bonds is 13. The molecule has 0 spiro atoms. The number of nitrogens with zero attached hydrogens (tertiary/aromatic N) is 1. The van der Waals surface area contributed by atoms with Crippen molar-refractivity contribution in [1.82, 2.24) is 4.90 Å². The molecule has 0 bridgehead atoms. The first-order valence-corrected chi connectivity index (χ1v) is 12.6. The lowest BCUT2D eigenvalue weighted by Crippen LogP contribution is -2.37. The van der Waals surface area contributed by atoms with E-state index in [1.54, 1.807) is 4.90 Å². The Morgan fingerprint density at radius 3 is 1.92 bits per heavy atom. The Bertz CT molecular complexity index is 457. The summed E-state index contributed by atoms with van der Waals surface area (Å²) in [6.07, 6.45) is 2.71. The molecule has 0 rings (SSSR count). The Hall–Kier alpha value is -0.0331. The maximum Gasteiger partial charge on any atom is 0.278 e. The van der Waals surface area contributed by atoms with E-state index in [-0.39, 0.29) is 17.1 Å². The average molecular weight is 414 g/mol. The molecule has 0 aromatic carbocycles. The van der Waals surface area contributed by atoms with Crippen LogP contribution < -0.4 is 0 Å². The molecule has 0 aliphatic carbocycles. The number of ether oxygens (including phenoxy) is 2. The van der Waals surface area contributed by atoms with Gasteiger partial charge >= 0.3 is 0 Å². The third kappa shape index (κ3) is 17.4. The van der Waals surface area contributed by atoms with Crippen LogP contribution in [0.3, 0.4) is 0 Å². The van der Waals surface area contributed by atoms with Gasteiger partial charge in [-0.2, -0.15) is 8.42 Å². The molecule has 0 unspecified atom stereocenters. The van der Waals surface area contributed by atoms with Crippen molar-refractivity contribution in [3.05, 3.63) is 0 Å². The molecule has 0 fully saturated rings. The van der Waals surface area contributed by atoms with Gasteiger partial charge < -0.3 is 13.9 Å². The van der Waals surface area contributed by atoms with Crippen LogP contribution in [0, 0.1) is 0 Å². The van der Waals surface area contributed by atoms with Crippen LogP contribution in [0.5, 0.6) is 0 Å². The average Bonchev–Trinajstić information content (AvgIpc) is 2.38. The molecule has 7 nitrogen and oxygen atoms in total. The summed E-state index contributed by atoms with van der Waals surface area (Å²) >= 11 is 0. The molecule has 0 amide bonds. The molecule has 9 heteroatoms. The predicted molar refractivity (Wildman–Crippen MR) is 107 cm³/mol. The quantitative estimate of drug-likeness (QED) is 0.215. The Morgan fingerprint density at radius 1 is 1.00 bits per heavy atom. The summed E-state index contributed by atoms with van der Waals surface area (Å²) in [5, 5.41) is 0. The van der Waals surface area contributed by atoms with Crippen LogP contribution in [0.4, 0.5) is 0 Å². The Labute approximate surface area is 162 Å². The zero-order valence-corrected chi connectivity index (χ0v) is 19.8.